The zero-order chi connectivity index (χ0) is 19.2. The van der Waals surface area contributed by atoms with Crippen LogP contribution in [0.3, 0.4) is 0 Å². The Morgan fingerprint density at radius 1 is 0.923 bits per heavy atom. The van der Waals surface area contributed by atoms with E-state index in [1.54, 1.807) is 24.3 Å². The molecular weight excluding hydrogens is 378 g/mol. The average Bonchev–Trinajstić information content (AvgIpc) is 2.58. The van der Waals surface area contributed by atoms with E-state index in [4.69, 9.17) is 11.6 Å². The lowest BCUT2D eigenvalue weighted by molar-refractivity contribution is 0.0927. The molecule has 26 heavy (non-hydrogen) atoms. The predicted octanol–water partition coefficient (Wildman–Crippen LogP) is 1.87. The molecule has 2 aromatic carbocycles. The zero-order valence-electron chi connectivity index (χ0n) is 14.0. The Bertz CT molecular complexity index is 898. The van der Waals surface area contributed by atoms with Crippen LogP contribution in [-0.4, -0.2) is 39.6 Å². The van der Waals surface area contributed by atoms with Crippen molar-refractivity contribution in [3.05, 3.63) is 64.7 Å². The van der Waals surface area contributed by atoms with Gasteiger partial charge in [0.25, 0.3) is 11.8 Å². The first-order valence-electron chi connectivity index (χ1n) is 7.65. The molecule has 0 aromatic heterocycles. The van der Waals surface area contributed by atoms with E-state index in [-0.39, 0.29) is 24.9 Å². The Morgan fingerprint density at radius 2 is 1.50 bits per heavy atom. The molecule has 3 N–H and O–H groups in total. The highest BCUT2D eigenvalue weighted by Gasteiger charge is 2.09. The summed E-state index contributed by atoms with van der Waals surface area (Å²) in [6.07, 6.45) is 1.05. The molecule has 0 radical (unpaired) electrons. The molecule has 0 fully saturated rings. The van der Waals surface area contributed by atoms with Crippen LogP contribution in [0, 0.1) is 0 Å². The second kappa shape index (κ2) is 8.68. The van der Waals surface area contributed by atoms with E-state index in [1.807, 2.05) is 0 Å². The van der Waals surface area contributed by atoms with Gasteiger partial charge in [0.15, 0.2) is 0 Å². The van der Waals surface area contributed by atoms with E-state index in [1.165, 1.54) is 24.3 Å². The smallest absolute Gasteiger partial charge is 0.252 e. The molecule has 9 heteroatoms. The molecule has 0 saturated carbocycles. The normalized spacial score (nSPS) is 10.8. The van der Waals surface area contributed by atoms with Crippen LogP contribution in [0.5, 0.6) is 0 Å². The van der Waals surface area contributed by atoms with Crippen molar-refractivity contribution in [1.29, 1.82) is 0 Å². The standard InChI is InChI=1S/C17H18ClN3O4S/c1-26(24,25)21-13-8-6-12(7-9-13)16(22)19-10-11-20-17(23)14-4-2-3-5-15(14)18/h2-9,21H,10-11H2,1H3,(H,19,22)(H,20,23). The van der Waals surface area contributed by atoms with Crippen molar-refractivity contribution in [3.63, 3.8) is 0 Å². The van der Waals surface area contributed by atoms with Crippen molar-refractivity contribution in [3.8, 4) is 0 Å². The summed E-state index contributed by atoms with van der Waals surface area (Å²) in [5.41, 5.74) is 1.12. The maximum absolute atomic E-state index is 12.0. The molecule has 0 atom stereocenters. The van der Waals surface area contributed by atoms with Crippen molar-refractivity contribution in [1.82, 2.24) is 10.6 Å². The lowest BCUT2D eigenvalue weighted by atomic mass is 10.2. The van der Waals surface area contributed by atoms with Gasteiger partial charge in [0.05, 0.1) is 16.8 Å². The molecular formula is C17H18ClN3O4S. The Morgan fingerprint density at radius 3 is 2.08 bits per heavy atom. The minimum atomic E-state index is -3.36. The molecule has 0 aliphatic heterocycles. The average molecular weight is 396 g/mol. The number of benzene rings is 2. The number of carbonyl (C=O) groups excluding carboxylic acids is 2. The fourth-order valence-electron chi connectivity index (χ4n) is 2.10. The van der Waals surface area contributed by atoms with Crippen LogP contribution in [0.1, 0.15) is 20.7 Å². The summed E-state index contributed by atoms with van der Waals surface area (Å²) in [6.45, 7) is 0.474. The highest BCUT2D eigenvalue weighted by molar-refractivity contribution is 7.92. The van der Waals surface area contributed by atoms with Crippen LogP contribution >= 0.6 is 11.6 Å². The van der Waals surface area contributed by atoms with E-state index in [0.717, 1.165) is 6.26 Å². The number of hydrogen-bond acceptors (Lipinski definition) is 4. The van der Waals surface area contributed by atoms with Gasteiger partial charge in [-0.3, -0.25) is 14.3 Å². The minimum Gasteiger partial charge on any atom is -0.350 e. The number of carbonyl (C=O) groups is 2. The number of halogens is 1. The molecule has 0 aliphatic rings. The van der Waals surface area contributed by atoms with Crippen LogP contribution in [0.25, 0.3) is 0 Å². The zero-order valence-corrected chi connectivity index (χ0v) is 15.5. The van der Waals surface area contributed by atoms with Gasteiger partial charge < -0.3 is 10.6 Å². The molecule has 0 bridgehead atoms. The number of hydrogen-bond donors (Lipinski definition) is 3. The molecule has 2 aromatic rings. The van der Waals surface area contributed by atoms with Crippen molar-refractivity contribution < 1.29 is 18.0 Å². The Balaban J connectivity index is 1.80. The summed E-state index contributed by atoms with van der Waals surface area (Å²) in [5.74, 6) is -0.649. The van der Waals surface area contributed by atoms with Crippen LogP contribution in [0.15, 0.2) is 48.5 Å². The monoisotopic (exact) mass is 395 g/mol. The number of nitrogens with one attached hydrogen (secondary N) is 3. The number of anilines is 1. The molecule has 2 amide bonds. The third-order valence-electron chi connectivity index (χ3n) is 3.26. The van der Waals surface area contributed by atoms with Gasteiger partial charge in [0, 0.05) is 24.3 Å². The quantitative estimate of drug-likeness (QED) is 0.622. The summed E-state index contributed by atoms with van der Waals surface area (Å²) in [5, 5.41) is 5.69. The fourth-order valence-corrected chi connectivity index (χ4v) is 2.88. The molecule has 0 heterocycles. The predicted molar refractivity (Wildman–Crippen MR) is 101 cm³/mol. The summed E-state index contributed by atoms with van der Waals surface area (Å²) in [6, 6.07) is 12.7. The second-order valence-electron chi connectivity index (χ2n) is 5.44. The molecule has 7 nitrogen and oxygen atoms in total. The third kappa shape index (κ3) is 6.05. The molecule has 138 valence electrons. The van der Waals surface area contributed by atoms with Crippen LogP contribution < -0.4 is 15.4 Å². The number of amides is 2. The van der Waals surface area contributed by atoms with Crippen molar-refractivity contribution in [2.24, 2.45) is 0 Å². The van der Waals surface area contributed by atoms with Gasteiger partial charge in [-0.1, -0.05) is 23.7 Å². The van der Waals surface area contributed by atoms with Crippen molar-refractivity contribution in [2.75, 3.05) is 24.1 Å². The van der Waals surface area contributed by atoms with Crippen molar-refractivity contribution >= 4 is 39.1 Å². The van der Waals surface area contributed by atoms with Gasteiger partial charge in [0.1, 0.15) is 0 Å². The number of rotatable bonds is 7. The first kappa shape index (κ1) is 19.7. The highest BCUT2D eigenvalue weighted by Crippen LogP contribution is 2.14. The van der Waals surface area contributed by atoms with Crippen molar-refractivity contribution in [2.45, 2.75) is 0 Å². The highest BCUT2D eigenvalue weighted by atomic mass is 35.5. The van der Waals surface area contributed by atoms with E-state index in [9.17, 15) is 18.0 Å². The molecule has 0 aliphatic carbocycles. The first-order valence-corrected chi connectivity index (χ1v) is 9.92. The SMILES string of the molecule is CS(=O)(=O)Nc1ccc(C(=O)NCCNC(=O)c2ccccc2Cl)cc1. The van der Waals surface area contributed by atoms with E-state index >= 15 is 0 Å². The largest absolute Gasteiger partial charge is 0.350 e. The van der Waals surface area contributed by atoms with Crippen LogP contribution in [0.2, 0.25) is 5.02 Å². The molecule has 0 unspecified atom stereocenters. The topological polar surface area (TPSA) is 104 Å². The second-order valence-corrected chi connectivity index (χ2v) is 7.60. The molecule has 2 rings (SSSR count). The minimum absolute atomic E-state index is 0.234. The molecule has 0 saturated heterocycles. The lowest BCUT2D eigenvalue weighted by Crippen LogP contribution is -2.34. The van der Waals surface area contributed by atoms with Gasteiger partial charge in [0.2, 0.25) is 10.0 Å². The Kier molecular flexibility index (Phi) is 6.59. The van der Waals surface area contributed by atoms with Crippen LogP contribution in [0.4, 0.5) is 5.69 Å². The Labute approximate surface area is 156 Å². The third-order valence-corrected chi connectivity index (χ3v) is 4.20. The van der Waals surface area contributed by atoms with Gasteiger partial charge >= 0.3 is 0 Å². The van der Waals surface area contributed by atoms with E-state index in [2.05, 4.69) is 15.4 Å². The van der Waals surface area contributed by atoms with Gasteiger partial charge in [-0.05, 0) is 36.4 Å². The Hall–Kier alpha value is -2.58. The van der Waals surface area contributed by atoms with Gasteiger partial charge in [-0.2, -0.15) is 0 Å². The molecule has 0 spiro atoms. The fraction of sp³-hybridized carbons (Fsp3) is 0.176. The summed E-state index contributed by atoms with van der Waals surface area (Å²) in [4.78, 5) is 24.0. The van der Waals surface area contributed by atoms with E-state index in [0.29, 0.717) is 21.8 Å². The maximum atomic E-state index is 12.0. The summed E-state index contributed by atoms with van der Waals surface area (Å²) in [7, 11) is -3.36. The number of sulfonamides is 1. The lowest BCUT2D eigenvalue weighted by Gasteiger charge is -2.09. The summed E-state index contributed by atoms with van der Waals surface area (Å²) >= 11 is 5.94. The van der Waals surface area contributed by atoms with Crippen LogP contribution in [-0.2, 0) is 10.0 Å². The van der Waals surface area contributed by atoms with Gasteiger partial charge in [-0.25, -0.2) is 8.42 Å². The maximum Gasteiger partial charge on any atom is 0.252 e. The first-order chi connectivity index (χ1) is 12.3. The van der Waals surface area contributed by atoms with E-state index < -0.39 is 10.0 Å². The van der Waals surface area contributed by atoms with Gasteiger partial charge in [-0.15, -0.1) is 0 Å². The summed E-state index contributed by atoms with van der Waals surface area (Å²) < 4.78 is 24.6.